The Balaban J connectivity index is 1.35. The lowest BCUT2D eigenvalue weighted by Gasteiger charge is -2.49. The monoisotopic (exact) mass is 365 g/mol. The molecule has 4 rings (SSSR count). The van der Waals surface area contributed by atoms with Gasteiger partial charge in [-0.05, 0) is 38.5 Å². The minimum absolute atomic E-state index is 0.118. The second-order valence-electron chi connectivity index (χ2n) is 8.24. The summed E-state index contributed by atoms with van der Waals surface area (Å²) in [5.41, 5.74) is 0. The fraction of sp³-hybridized carbons (Fsp3) is 0.895. The molecule has 7 nitrogen and oxygen atoms in total. The summed E-state index contributed by atoms with van der Waals surface area (Å²) in [6.45, 7) is 8.35. The number of likely N-dealkylation sites (tertiary alicyclic amines) is 1. The first-order chi connectivity index (χ1) is 12.5. The van der Waals surface area contributed by atoms with Crippen LogP contribution in [0.1, 0.15) is 26.7 Å². The van der Waals surface area contributed by atoms with Crippen LogP contribution in [-0.4, -0.2) is 91.3 Å². The number of carbonyl (C=O) groups is 2. The molecule has 0 aromatic carbocycles. The predicted octanol–water partition coefficient (Wildman–Crippen LogP) is 1.03. The normalized spacial score (nSPS) is 38.7. The summed E-state index contributed by atoms with van der Waals surface area (Å²) >= 11 is 0. The third-order valence-corrected chi connectivity index (χ3v) is 6.85. The molecular formula is C19H31N3O4. The van der Waals surface area contributed by atoms with Crippen molar-refractivity contribution in [1.29, 1.82) is 0 Å². The van der Waals surface area contributed by atoms with Gasteiger partial charge in [-0.3, -0.25) is 14.6 Å². The summed E-state index contributed by atoms with van der Waals surface area (Å²) in [5.74, 6) is 1.65. The molecule has 0 radical (unpaired) electrons. The number of ether oxygens (including phenoxy) is 2. The van der Waals surface area contributed by atoms with Gasteiger partial charge in [-0.25, -0.2) is 4.79 Å². The number of amides is 2. The van der Waals surface area contributed by atoms with Crippen LogP contribution in [0.25, 0.3) is 0 Å². The number of carbonyl (C=O) groups excluding carboxylic acids is 2. The molecule has 7 heteroatoms. The maximum Gasteiger partial charge on any atom is 0.410 e. The van der Waals surface area contributed by atoms with Gasteiger partial charge >= 0.3 is 6.09 Å². The summed E-state index contributed by atoms with van der Waals surface area (Å²) in [7, 11) is 1.90. The Labute approximate surface area is 155 Å². The Morgan fingerprint density at radius 2 is 1.69 bits per heavy atom. The van der Waals surface area contributed by atoms with E-state index in [-0.39, 0.29) is 24.1 Å². The highest BCUT2D eigenvalue weighted by Crippen LogP contribution is 2.53. The van der Waals surface area contributed by atoms with Crippen molar-refractivity contribution in [2.24, 2.45) is 17.8 Å². The number of hydrogen-bond donors (Lipinski definition) is 0. The molecule has 3 saturated heterocycles. The highest BCUT2D eigenvalue weighted by Gasteiger charge is 2.61. The first-order valence-corrected chi connectivity index (χ1v) is 10.1. The van der Waals surface area contributed by atoms with Crippen LogP contribution in [0.4, 0.5) is 4.79 Å². The van der Waals surface area contributed by atoms with E-state index >= 15 is 0 Å². The fourth-order valence-corrected chi connectivity index (χ4v) is 5.31. The van der Waals surface area contributed by atoms with E-state index in [1.807, 2.05) is 30.7 Å². The SMILES string of the molecule is CCOC(=O)N1C2COCC1CC(N1C[C@@H]3C(C(=O)N(C)CC)[C@@H]3C1)C2. The van der Waals surface area contributed by atoms with Crippen molar-refractivity contribution in [3.05, 3.63) is 0 Å². The number of nitrogens with zero attached hydrogens (tertiary/aromatic N) is 3. The highest BCUT2D eigenvalue weighted by atomic mass is 16.6. The van der Waals surface area contributed by atoms with Crippen LogP contribution in [0.3, 0.4) is 0 Å². The maximum absolute atomic E-state index is 12.4. The molecule has 0 N–H and O–H groups in total. The summed E-state index contributed by atoms with van der Waals surface area (Å²) < 4.78 is 11.0. The molecule has 1 saturated carbocycles. The van der Waals surface area contributed by atoms with E-state index < -0.39 is 0 Å². The number of rotatable bonds is 4. The van der Waals surface area contributed by atoms with Crippen molar-refractivity contribution in [1.82, 2.24) is 14.7 Å². The predicted molar refractivity (Wildman–Crippen MR) is 95.6 cm³/mol. The van der Waals surface area contributed by atoms with Gasteiger partial charge in [0.1, 0.15) is 0 Å². The number of fused-ring (bicyclic) bond motifs is 3. The van der Waals surface area contributed by atoms with Crippen molar-refractivity contribution in [3.8, 4) is 0 Å². The summed E-state index contributed by atoms with van der Waals surface area (Å²) in [5, 5.41) is 0. The molecule has 146 valence electrons. The smallest absolute Gasteiger partial charge is 0.410 e. The molecule has 2 bridgehead atoms. The van der Waals surface area contributed by atoms with Crippen LogP contribution in [0.2, 0.25) is 0 Å². The van der Waals surface area contributed by atoms with Crippen molar-refractivity contribution in [2.45, 2.75) is 44.8 Å². The number of hydrogen-bond acceptors (Lipinski definition) is 5. The van der Waals surface area contributed by atoms with E-state index in [0.29, 0.717) is 43.6 Å². The lowest BCUT2D eigenvalue weighted by atomic mass is 9.89. The van der Waals surface area contributed by atoms with E-state index in [4.69, 9.17) is 9.47 Å². The summed E-state index contributed by atoms with van der Waals surface area (Å²) in [6, 6.07) is 0.728. The molecule has 1 aliphatic carbocycles. The van der Waals surface area contributed by atoms with E-state index in [1.165, 1.54) is 0 Å². The largest absolute Gasteiger partial charge is 0.450 e. The first kappa shape index (κ1) is 18.0. The second-order valence-corrected chi connectivity index (χ2v) is 8.24. The van der Waals surface area contributed by atoms with Gasteiger partial charge in [-0.15, -0.1) is 0 Å². The lowest BCUT2D eigenvalue weighted by Crippen LogP contribution is -2.62. The van der Waals surface area contributed by atoms with E-state index in [9.17, 15) is 9.59 Å². The molecule has 4 aliphatic rings. The molecule has 0 aromatic heterocycles. The number of piperidine rings is 2. The third-order valence-electron chi connectivity index (χ3n) is 6.85. The maximum atomic E-state index is 12.4. The molecule has 3 aliphatic heterocycles. The average molecular weight is 365 g/mol. The minimum Gasteiger partial charge on any atom is -0.450 e. The van der Waals surface area contributed by atoms with Gasteiger partial charge in [0.25, 0.3) is 0 Å². The molecule has 0 spiro atoms. The van der Waals surface area contributed by atoms with Gasteiger partial charge in [0.05, 0.1) is 31.9 Å². The zero-order valence-corrected chi connectivity index (χ0v) is 16.1. The topological polar surface area (TPSA) is 62.3 Å². The van der Waals surface area contributed by atoms with Gasteiger partial charge in [-0.2, -0.15) is 0 Å². The molecular weight excluding hydrogens is 334 g/mol. The Bertz CT molecular complexity index is 545. The van der Waals surface area contributed by atoms with Gasteiger partial charge in [0.2, 0.25) is 5.91 Å². The third kappa shape index (κ3) is 2.99. The Kier molecular flexibility index (Phi) is 4.86. The van der Waals surface area contributed by atoms with E-state index in [1.54, 1.807) is 0 Å². The van der Waals surface area contributed by atoms with Crippen LogP contribution in [-0.2, 0) is 14.3 Å². The lowest BCUT2D eigenvalue weighted by molar-refractivity contribution is -0.132. The number of morpholine rings is 1. The van der Waals surface area contributed by atoms with Crippen LogP contribution >= 0.6 is 0 Å². The summed E-state index contributed by atoms with van der Waals surface area (Å²) in [6.07, 6.45) is 1.70. The zero-order valence-electron chi connectivity index (χ0n) is 16.1. The first-order valence-electron chi connectivity index (χ1n) is 10.1. The molecule has 5 atom stereocenters. The van der Waals surface area contributed by atoms with Gasteiger partial charge in [0.15, 0.2) is 0 Å². The van der Waals surface area contributed by atoms with Gasteiger partial charge in [0, 0.05) is 38.6 Å². The fourth-order valence-electron chi connectivity index (χ4n) is 5.31. The molecule has 26 heavy (non-hydrogen) atoms. The standard InChI is InChI=1S/C19H31N3O4/c1-4-20(3)18(23)17-15-8-21(9-16(15)17)12-6-13-10-25-11-14(7-12)22(13)19(24)26-5-2/h12-17H,4-11H2,1-3H3/t12?,13?,14?,15-,16+,17?. The van der Waals surface area contributed by atoms with Crippen LogP contribution in [0, 0.1) is 17.8 Å². The van der Waals surface area contributed by atoms with Crippen molar-refractivity contribution in [2.75, 3.05) is 46.5 Å². The van der Waals surface area contributed by atoms with Crippen molar-refractivity contribution < 1.29 is 19.1 Å². The minimum atomic E-state index is -0.193. The van der Waals surface area contributed by atoms with Crippen molar-refractivity contribution in [3.63, 3.8) is 0 Å². The molecule has 3 unspecified atom stereocenters. The molecule has 4 fully saturated rings. The Morgan fingerprint density at radius 3 is 2.23 bits per heavy atom. The molecule has 3 heterocycles. The highest BCUT2D eigenvalue weighted by molar-refractivity contribution is 5.82. The summed E-state index contributed by atoms with van der Waals surface area (Å²) in [4.78, 5) is 31.0. The van der Waals surface area contributed by atoms with E-state index in [0.717, 1.165) is 32.5 Å². The van der Waals surface area contributed by atoms with Gasteiger partial charge in [-0.1, -0.05) is 0 Å². The van der Waals surface area contributed by atoms with Crippen LogP contribution in [0.5, 0.6) is 0 Å². The van der Waals surface area contributed by atoms with Crippen molar-refractivity contribution >= 4 is 12.0 Å². The Morgan fingerprint density at radius 1 is 1.08 bits per heavy atom. The van der Waals surface area contributed by atoms with Gasteiger partial charge < -0.3 is 14.4 Å². The molecule has 0 aromatic rings. The average Bonchev–Trinajstić information content (AvgIpc) is 3.12. The van der Waals surface area contributed by atoms with Crippen LogP contribution in [0.15, 0.2) is 0 Å². The zero-order chi connectivity index (χ0) is 18.4. The quantitative estimate of drug-likeness (QED) is 0.745. The van der Waals surface area contributed by atoms with Crippen LogP contribution < -0.4 is 0 Å². The van der Waals surface area contributed by atoms with E-state index in [2.05, 4.69) is 4.90 Å². The second kappa shape index (κ2) is 7.00. The Hall–Kier alpha value is -1.34. The molecule has 2 amide bonds.